The molecular formula is C16H18N2O. The summed E-state index contributed by atoms with van der Waals surface area (Å²) in [5.74, 6) is 0.907. The first-order valence-corrected chi connectivity index (χ1v) is 6.31. The molecule has 0 fully saturated rings. The second-order valence-corrected chi connectivity index (χ2v) is 4.17. The average Bonchev–Trinajstić information content (AvgIpc) is 2.47. The Hall–Kier alpha value is -2.13. The van der Waals surface area contributed by atoms with Gasteiger partial charge in [0.05, 0.1) is 0 Å². The Morgan fingerprint density at radius 1 is 1.11 bits per heavy atom. The lowest BCUT2D eigenvalue weighted by Gasteiger charge is -2.11. The average molecular weight is 254 g/mol. The van der Waals surface area contributed by atoms with E-state index in [9.17, 15) is 0 Å². The van der Waals surface area contributed by atoms with E-state index in [4.69, 9.17) is 4.74 Å². The summed E-state index contributed by atoms with van der Waals surface area (Å²) in [5, 5.41) is 3.40. The summed E-state index contributed by atoms with van der Waals surface area (Å²) in [6.45, 7) is 5.78. The highest BCUT2D eigenvalue weighted by Crippen LogP contribution is 2.17. The molecule has 1 aromatic carbocycles. The number of nitrogens with zero attached hydrogens (tertiary/aromatic N) is 1. The molecule has 0 aliphatic rings. The van der Waals surface area contributed by atoms with Gasteiger partial charge >= 0.3 is 0 Å². The van der Waals surface area contributed by atoms with Crippen LogP contribution in [0.2, 0.25) is 0 Å². The van der Waals surface area contributed by atoms with Crippen molar-refractivity contribution < 1.29 is 4.74 Å². The largest absolute Gasteiger partial charge is 0.489 e. The van der Waals surface area contributed by atoms with Crippen LogP contribution in [0.25, 0.3) is 0 Å². The molecule has 0 saturated heterocycles. The summed E-state index contributed by atoms with van der Waals surface area (Å²) >= 11 is 0. The third-order valence-electron chi connectivity index (χ3n) is 2.72. The van der Waals surface area contributed by atoms with Crippen molar-refractivity contribution in [3.05, 3.63) is 72.6 Å². The van der Waals surface area contributed by atoms with E-state index in [1.165, 1.54) is 5.56 Å². The summed E-state index contributed by atoms with van der Waals surface area (Å²) in [6, 6.07) is 12.1. The first-order chi connectivity index (χ1) is 9.40. The van der Waals surface area contributed by atoms with Gasteiger partial charge in [-0.15, -0.1) is 0 Å². The maximum atomic E-state index is 5.62. The number of pyridine rings is 1. The second-order valence-electron chi connectivity index (χ2n) is 4.17. The fourth-order valence-corrected chi connectivity index (χ4v) is 1.78. The summed E-state index contributed by atoms with van der Waals surface area (Å²) in [5.41, 5.74) is 2.37. The monoisotopic (exact) mass is 254 g/mol. The van der Waals surface area contributed by atoms with Crippen LogP contribution in [0.3, 0.4) is 0 Å². The van der Waals surface area contributed by atoms with Gasteiger partial charge in [-0.3, -0.25) is 4.98 Å². The molecule has 3 nitrogen and oxygen atoms in total. The van der Waals surface area contributed by atoms with Crippen LogP contribution in [0, 0.1) is 0 Å². The molecule has 0 aliphatic heterocycles. The van der Waals surface area contributed by atoms with E-state index in [-0.39, 0.29) is 0 Å². The Kier molecular flexibility index (Phi) is 5.14. The van der Waals surface area contributed by atoms with Crippen molar-refractivity contribution in [2.45, 2.75) is 13.1 Å². The van der Waals surface area contributed by atoms with Crippen molar-refractivity contribution in [1.82, 2.24) is 10.3 Å². The fraction of sp³-hybridized carbons (Fsp3) is 0.188. The third-order valence-corrected chi connectivity index (χ3v) is 2.72. The first-order valence-electron chi connectivity index (χ1n) is 6.31. The molecule has 1 aromatic heterocycles. The molecule has 0 aliphatic carbocycles. The standard InChI is InChI=1S/C16H18N2O/c1-2-11-19-16-6-4-3-5-15(16)13-18-12-14-7-9-17-10-8-14/h2-10,18H,1,11-13H2. The number of benzene rings is 1. The van der Waals surface area contributed by atoms with Crippen LogP contribution < -0.4 is 10.1 Å². The van der Waals surface area contributed by atoms with Crippen molar-refractivity contribution in [1.29, 1.82) is 0 Å². The summed E-state index contributed by atoms with van der Waals surface area (Å²) in [4.78, 5) is 4.00. The van der Waals surface area contributed by atoms with Crippen molar-refractivity contribution in [3.63, 3.8) is 0 Å². The molecular weight excluding hydrogens is 236 g/mol. The van der Waals surface area contributed by atoms with E-state index in [2.05, 4.69) is 22.9 Å². The van der Waals surface area contributed by atoms with Gasteiger partial charge in [-0.1, -0.05) is 30.9 Å². The van der Waals surface area contributed by atoms with Gasteiger partial charge in [0.25, 0.3) is 0 Å². The first kappa shape index (κ1) is 13.3. The number of nitrogens with one attached hydrogen (secondary N) is 1. The lowest BCUT2D eigenvalue weighted by Crippen LogP contribution is -2.13. The Balaban J connectivity index is 1.90. The van der Waals surface area contributed by atoms with Gasteiger partial charge in [0.1, 0.15) is 12.4 Å². The minimum absolute atomic E-state index is 0.529. The molecule has 19 heavy (non-hydrogen) atoms. The third kappa shape index (κ3) is 4.23. The topological polar surface area (TPSA) is 34.1 Å². The molecule has 3 heteroatoms. The normalized spacial score (nSPS) is 10.1. The van der Waals surface area contributed by atoms with Gasteiger partial charge in [0.15, 0.2) is 0 Å². The van der Waals surface area contributed by atoms with E-state index in [1.807, 2.05) is 30.3 Å². The number of hydrogen-bond donors (Lipinski definition) is 1. The molecule has 2 aromatic rings. The molecule has 0 atom stereocenters. The van der Waals surface area contributed by atoms with Crippen molar-refractivity contribution >= 4 is 0 Å². The van der Waals surface area contributed by atoms with Crippen molar-refractivity contribution in [3.8, 4) is 5.75 Å². The van der Waals surface area contributed by atoms with E-state index in [0.717, 1.165) is 24.4 Å². The smallest absolute Gasteiger partial charge is 0.124 e. The molecule has 0 amide bonds. The number of ether oxygens (including phenoxy) is 1. The Bertz CT molecular complexity index is 511. The van der Waals surface area contributed by atoms with Gasteiger partial charge in [-0.25, -0.2) is 0 Å². The highest BCUT2D eigenvalue weighted by atomic mass is 16.5. The van der Waals surface area contributed by atoms with Gasteiger partial charge in [0, 0.05) is 31.0 Å². The van der Waals surface area contributed by atoms with Crippen molar-refractivity contribution in [2.75, 3.05) is 6.61 Å². The van der Waals surface area contributed by atoms with E-state index in [0.29, 0.717) is 6.61 Å². The Morgan fingerprint density at radius 2 is 1.89 bits per heavy atom. The molecule has 0 spiro atoms. The molecule has 0 unspecified atom stereocenters. The number of rotatable bonds is 7. The fourth-order valence-electron chi connectivity index (χ4n) is 1.78. The summed E-state index contributed by atoms with van der Waals surface area (Å²) in [6.07, 6.45) is 5.36. The van der Waals surface area contributed by atoms with Crippen LogP contribution in [0.4, 0.5) is 0 Å². The van der Waals surface area contributed by atoms with E-state index < -0.39 is 0 Å². The predicted octanol–water partition coefficient (Wildman–Crippen LogP) is 2.94. The quantitative estimate of drug-likeness (QED) is 0.771. The zero-order chi connectivity index (χ0) is 13.3. The molecule has 1 heterocycles. The highest BCUT2D eigenvalue weighted by Gasteiger charge is 2.01. The van der Waals surface area contributed by atoms with Crippen LogP contribution in [-0.4, -0.2) is 11.6 Å². The Labute approximate surface area is 114 Å². The molecule has 0 radical (unpaired) electrons. The minimum Gasteiger partial charge on any atom is -0.489 e. The van der Waals surface area contributed by atoms with Gasteiger partial charge in [0.2, 0.25) is 0 Å². The lowest BCUT2D eigenvalue weighted by molar-refractivity contribution is 0.358. The number of para-hydroxylation sites is 1. The van der Waals surface area contributed by atoms with Crippen LogP contribution in [-0.2, 0) is 13.1 Å². The minimum atomic E-state index is 0.529. The molecule has 98 valence electrons. The van der Waals surface area contributed by atoms with Crippen molar-refractivity contribution in [2.24, 2.45) is 0 Å². The van der Waals surface area contributed by atoms with Crippen LogP contribution in [0.15, 0.2) is 61.4 Å². The van der Waals surface area contributed by atoms with Gasteiger partial charge in [-0.2, -0.15) is 0 Å². The maximum Gasteiger partial charge on any atom is 0.124 e. The Morgan fingerprint density at radius 3 is 2.68 bits per heavy atom. The number of aromatic nitrogens is 1. The van der Waals surface area contributed by atoms with E-state index >= 15 is 0 Å². The summed E-state index contributed by atoms with van der Waals surface area (Å²) in [7, 11) is 0. The molecule has 0 bridgehead atoms. The summed E-state index contributed by atoms with van der Waals surface area (Å²) < 4.78 is 5.62. The SMILES string of the molecule is C=CCOc1ccccc1CNCc1ccncc1. The van der Waals surface area contributed by atoms with Crippen LogP contribution in [0.5, 0.6) is 5.75 Å². The highest BCUT2D eigenvalue weighted by molar-refractivity contribution is 5.33. The van der Waals surface area contributed by atoms with Crippen LogP contribution in [0.1, 0.15) is 11.1 Å². The predicted molar refractivity (Wildman–Crippen MR) is 76.9 cm³/mol. The van der Waals surface area contributed by atoms with Gasteiger partial charge in [-0.05, 0) is 23.8 Å². The van der Waals surface area contributed by atoms with E-state index in [1.54, 1.807) is 18.5 Å². The zero-order valence-corrected chi connectivity index (χ0v) is 10.9. The molecule has 1 N–H and O–H groups in total. The second kappa shape index (κ2) is 7.34. The lowest BCUT2D eigenvalue weighted by atomic mass is 10.2. The molecule has 0 saturated carbocycles. The van der Waals surface area contributed by atoms with Gasteiger partial charge < -0.3 is 10.1 Å². The van der Waals surface area contributed by atoms with Crippen LogP contribution >= 0.6 is 0 Å². The zero-order valence-electron chi connectivity index (χ0n) is 10.9. The number of hydrogen-bond acceptors (Lipinski definition) is 3. The maximum absolute atomic E-state index is 5.62. The molecule has 2 rings (SSSR count).